The number of carbonyl (C=O) groups excluding carboxylic acids is 2. The molecule has 2 aromatic rings. The molecular weight excluding hydrogens is 418 g/mol. The van der Waals surface area contributed by atoms with Crippen molar-refractivity contribution in [1.29, 1.82) is 0 Å². The van der Waals surface area contributed by atoms with Gasteiger partial charge in [-0.1, -0.05) is 55.2 Å². The average molecular weight is 450 g/mol. The molecule has 2 amide bonds. The van der Waals surface area contributed by atoms with E-state index in [9.17, 15) is 9.59 Å². The lowest BCUT2D eigenvalue weighted by atomic mass is 10.0. The lowest BCUT2D eigenvalue weighted by molar-refractivity contribution is -0.125. The lowest BCUT2D eigenvalue weighted by Gasteiger charge is -2.20. The number of amides is 2. The Morgan fingerprint density at radius 2 is 1.72 bits per heavy atom. The van der Waals surface area contributed by atoms with Gasteiger partial charge in [0, 0.05) is 11.4 Å². The van der Waals surface area contributed by atoms with Crippen LogP contribution in [-0.2, 0) is 9.59 Å². The van der Waals surface area contributed by atoms with E-state index < -0.39 is 14.1 Å². The first kappa shape index (κ1) is 23.5. The Balaban J connectivity index is 1.77. The standard InChI is InChI=1S/C25H31N3O3Si/c1-17-6-9-20(26-17)16-23(29)28-24(18-7-12-21(31-2)13-8-18)25(30)27-19-10-14-22(15-11-19)32(3,4)5/h6-15,17,24H,16H2,1-5H3,(H,27,30)(H,28,29). The lowest BCUT2D eigenvalue weighted by Crippen LogP contribution is -2.38. The Hall–Kier alpha value is -3.19. The van der Waals surface area contributed by atoms with Crippen molar-refractivity contribution in [2.45, 2.75) is 45.1 Å². The van der Waals surface area contributed by atoms with Crippen molar-refractivity contribution in [2.24, 2.45) is 4.99 Å². The number of hydrogen-bond acceptors (Lipinski definition) is 4. The summed E-state index contributed by atoms with van der Waals surface area (Å²) in [5, 5.41) is 7.12. The summed E-state index contributed by atoms with van der Waals surface area (Å²) in [7, 11) is 0.162. The molecule has 3 rings (SSSR count). The number of ether oxygens (including phenoxy) is 1. The van der Waals surface area contributed by atoms with Crippen LogP contribution in [0.25, 0.3) is 0 Å². The molecule has 2 aromatic carbocycles. The fourth-order valence-corrected chi connectivity index (χ4v) is 4.61. The summed E-state index contributed by atoms with van der Waals surface area (Å²) in [4.78, 5) is 30.3. The van der Waals surface area contributed by atoms with E-state index in [-0.39, 0.29) is 24.3 Å². The number of carbonyl (C=O) groups is 2. The Labute approximate surface area is 190 Å². The molecule has 0 fully saturated rings. The summed E-state index contributed by atoms with van der Waals surface area (Å²) in [5.74, 6) is 0.120. The van der Waals surface area contributed by atoms with Crippen molar-refractivity contribution < 1.29 is 14.3 Å². The molecule has 0 radical (unpaired) electrons. The molecule has 32 heavy (non-hydrogen) atoms. The molecule has 1 aliphatic rings. The summed E-state index contributed by atoms with van der Waals surface area (Å²) >= 11 is 0. The zero-order chi connectivity index (χ0) is 23.3. The zero-order valence-electron chi connectivity index (χ0n) is 19.3. The number of benzene rings is 2. The number of nitrogens with zero attached hydrogens (tertiary/aromatic N) is 1. The van der Waals surface area contributed by atoms with Crippen molar-refractivity contribution in [3.8, 4) is 5.75 Å². The second-order valence-electron chi connectivity index (χ2n) is 8.99. The van der Waals surface area contributed by atoms with Crippen LogP contribution in [0.2, 0.25) is 19.6 Å². The van der Waals surface area contributed by atoms with Crippen LogP contribution in [-0.4, -0.2) is 38.8 Å². The molecule has 1 aliphatic heterocycles. The van der Waals surface area contributed by atoms with E-state index in [2.05, 4.69) is 47.4 Å². The van der Waals surface area contributed by atoms with Gasteiger partial charge < -0.3 is 15.4 Å². The fourth-order valence-electron chi connectivity index (χ4n) is 3.44. The van der Waals surface area contributed by atoms with Crippen LogP contribution >= 0.6 is 0 Å². The Kier molecular flexibility index (Phi) is 7.30. The van der Waals surface area contributed by atoms with Gasteiger partial charge in [0.05, 0.1) is 27.6 Å². The normalized spacial score (nSPS) is 16.3. The third kappa shape index (κ3) is 6.17. The predicted molar refractivity (Wildman–Crippen MR) is 133 cm³/mol. The smallest absolute Gasteiger partial charge is 0.251 e. The molecular formula is C25H31N3O3Si. The molecule has 2 N–H and O–H groups in total. The highest BCUT2D eigenvalue weighted by atomic mass is 28.3. The number of nitrogens with one attached hydrogen (secondary N) is 2. The average Bonchev–Trinajstić information content (AvgIpc) is 3.16. The van der Waals surface area contributed by atoms with E-state index in [4.69, 9.17) is 4.74 Å². The summed E-state index contributed by atoms with van der Waals surface area (Å²) in [6.45, 7) is 8.80. The predicted octanol–water partition coefficient (Wildman–Crippen LogP) is 3.83. The molecule has 0 bridgehead atoms. The third-order valence-corrected chi connectivity index (χ3v) is 7.38. The van der Waals surface area contributed by atoms with Crippen molar-refractivity contribution in [1.82, 2.24) is 5.32 Å². The van der Waals surface area contributed by atoms with Gasteiger partial charge in [0.2, 0.25) is 5.91 Å². The fraction of sp³-hybridized carbons (Fsp3) is 0.320. The summed E-state index contributed by atoms with van der Waals surface area (Å²) < 4.78 is 5.22. The van der Waals surface area contributed by atoms with Crippen LogP contribution in [0.1, 0.15) is 24.9 Å². The highest BCUT2D eigenvalue weighted by molar-refractivity contribution is 6.88. The van der Waals surface area contributed by atoms with Crippen LogP contribution in [0.3, 0.4) is 0 Å². The maximum Gasteiger partial charge on any atom is 0.251 e. The summed E-state index contributed by atoms with van der Waals surface area (Å²) in [5.41, 5.74) is 2.08. The van der Waals surface area contributed by atoms with E-state index in [0.717, 1.165) is 0 Å². The molecule has 2 atom stereocenters. The van der Waals surface area contributed by atoms with Crippen LogP contribution < -0.4 is 20.6 Å². The first-order valence-corrected chi connectivity index (χ1v) is 14.3. The van der Waals surface area contributed by atoms with Gasteiger partial charge >= 0.3 is 0 Å². The van der Waals surface area contributed by atoms with Gasteiger partial charge in [-0.2, -0.15) is 0 Å². The van der Waals surface area contributed by atoms with Gasteiger partial charge in [0.1, 0.15) is 11.8 Å². The van der Waals surface area contributed by atoms with Gasteiger partial charge in [-0.15, -0.1) is 0 Å². The Morgan fingerprint density at radius 3 is 2.25 bits per heavy atom. The molecule has 2 unspecified atom stereocenters. The molecule has 0 spiro atoms. The molecule has 7 heteroatoms. The maximum atomic E-state index is 13.2. The number of allylic oxidation sites excluding steroid dienone is 1. The first-order chi connectivity index (χ1) is 15.2. The van der Waals surface area contributed by atoms with E-state index in [0.29, 0.717) is 22.7 Å². The quantitative estimate of drug-likeness (QED) is 0.601. The highest BCUT2D eigenvalue weighted by Crippen LogP contribution is 2.20. The number of aliphatic imine (C=N–C) groups is 1. The monoisotopic (exact) mass is 449 g/mol. The van der Waals surface area contributed by atoms with Gasteiger partial charge in [0.15, 0.2) is 0 Å². The van der Waals surface area contributed by atoms with E-state index >= 15 is 0 Å². The minimum Gasteiger partial charge on any atom is -0.497 e. The number of hydrogen-bond donors (Lipinski definition) is 2. The van der Waals surface area contributed by atoms with Gasteiger partial charge in [-0.05, 0) is 42.8 Å². The summed E-state index contributed by atoms with van der Waals surface area (Å²) in [6.07, 6.45) is 3.93. The number of rotatable bonds is 8. The minimum absolute atomic E-state index is 0.0811. The zero-order valence-corrected chi connectivity index (χ0v) is 20.3. The largest absolute Gasteiger partial charge is 0.497 e. The third-order valence-electron chi connectivity index (χ3n) is 5.31. The van der Waals surface area contributed by atoms with Crippen molar-refractivity contribution in [3.63, 3.8) is 0 Å². The van der Waals surface area contributed by atoms with Crippen molar-refractivity contribution >= 4 is 36.5 Å². The van der Waals surface area contributed by atoms with Gasteiger partial charge in [-0.25, -0.2) is 0 Å². The van der Waals surface area contributed by atoms with E-state index in [1.165, 1.54) is 5.19 Å². The number of methoxy groups -OCH3 is 1. The van der Waals surface area contributed by atoms with Gasteiger partial charge in [-0.3, -0.25) is 14.6 Å². The van der Waals surface area contributed by atoms with Crippen molar-refractivity contribution in [3.05, 3.63) is 66.2 Å². The highest BCUT2D eigenvalue weighted by Gasteiger charge is 2.24. The van der Waals surface area contributed by atoms with Crippen LogP contribution in [0.15, 0.2) is 65.7 Å². The molecule has 6 nitrogen and oxygen atoms in total. The van der Waals surface area contributed by atoms with Crippen molar-refractivity contribution in [2.75, 3.05) is 12.4 Å². The maximum absolute atomic E-state index is 13.2. The molecule has 0 saturated heterocycles. The Morgan fingerprint density at radius 1 is 1.06 bits per heavy atom. The molecule has 0 saturated carbocycles. The molecule has 168 valence electrons. The van der Waals surface area contributed by atoms with Crippen LogP contribution in [0.5, 0.6) is 5.75 Å². The molecule has 1 heterocycles. The van der Waals surface area contributed by atoms with E-state index in [1.807, 2.05) is 31.2 Å². The van der Waals surface area contributed by atoms with Crippen LogP contribution in [0.4, 0.5) is 5.69 Å². The van der Waals surface area contributed by atoms with Gasteiger partial charge in [0.25, 0.3) is 5.91 Å². The molecule has 0 aromatic heterocycles. The molecule has 0 aliphatic carbocycles. The number of anilines is 1. The minimum atomic E-state index is -1.42. The second kappa shape index (κ2) is 9.95. The van der Waals surface area contributed by atoms with Crippen LogP contribution in [0, 0.1) is 0 Å². The summed E-state index contributed by atoms with van der Waals surface area (Å²) in [6, 6.07) is 14.3. The topological polar surface area (TPSA) is 79.8 Å². The second-order valence-corrected chi connectivity index (χ2v) is 14.1. The SMILES string of the molecule is COc1ccc(C(NC(=O)CC2=NC(C)C=C2)C(=O)Nc2ccc([Si](C)(C)C)cc2)cc1. The Bertz CT molecular complexity index is 1020. The van der Waals surface area contributed by atoms with E-state index in [1.54, 1.807) is 31.4 Å². The first-order valence-electron chi connectivity index (χ1n) is 10.8.